The summed E-state index contributed by atoms with van der Waals surface area (Å²) in [5.74, 6) is -2.55. The standard InChI is InChI=1S/C26H34N4O6S/c1-15-22(37-14-28-15)17-7-5-16(6-8-17)12-27-24(35)19-11-18(31)13-30(19)25(36)23(26(2,3)4)29-20(32)9-10-21(33)34/h5-8,14,18-19,23,31H,9-13H2,1-4H3,(H,27,35)(H,29,32)(H,33,34)/t18-,19+,23+/m1/s1. The molecule has 37 heavy (non-hydrogen) atoms. The average Bonchev–Trinajstić information content (AvgIpc) is 3.44. The number of nitrogens with one attached hydrogen (secondary N) is 2. The second-order valence-electron chi connectivity index (χ2n) is 10.3. The third-order valence-corrected chi connectivity index (χ3v) is 7.25. The van der Waals surface area contributed by atoms with Gasteiger partial charge in [-0.1, -0.05) is 45.0 Å². The van der Waals surface area contributed by atoms with Crippen LogP contribution in [0.3, 0.4) is 0 Å². The number of aliphatic hydroxyl groups is 1. The quantitative estimate of drug-likeness (QED) is 0.388. The molecule has 1 saturated heterocycles. The first-order valence-corrected chi connectivity index (χ1v) is 13.0. The molecule has 3 rings (SSSR count). The van der Waals surface area contributed by atoms with Gasteiger partial charge in [0.1, 0.15) is 12.1 Å². The molecule has 1 fully saturated rings. The molecule has 0 bridgehead atoms. The lowest BCUT2D eigenvalue weighted by atomic mass is 9.85. The van der Waals surface area contributed by atoms with E-state index in [9.17, 15) is 24.3 Å². The lowest BCUT2D eigenvalue weighted by molar-refractivity contribution is -0.144. The van der Waals surface area contributed by atoms with Crippen LogP contribution in [0.2, 0.25) is 0 Å². The maximum absolute atomic E-state index is 13.5. The highest BCUT2D eigenvalue weighted by Crippen LogP contribution is 2.28. The van der Waals surface area contributed by atoms with Gasteiger partial charge in [-0.25, -0.2) is 4.98 Å². The number of carbonyl (C=O) groups is 4. The van der Waals surface area contributed by atoms with Crippen LogP contribution in [0.15, 0.2) is 29.8 Å². The highest BCUT2D eigenvalue weighted by Gasteiger charge is 2.44. The molecule has 1 aliphatic heterocycles. The predicted molar refractivity (Wildman–Crippen MR) is 139 cm³/mol. The molecule has 11 heteroatoms. The minimum atomic E-state index is -1.11. The van der Waals surface area contributed by atoms with Gasteiger partial charge in [0.15, 0.2) is 0 Å². The summed E-state index contributed by atoms with van der Waals surface area (Å²) in [5, 5.41) is 24.6. The van der Waals surface area contributed by atoms with Crippen LogP contribution in [0.25, 0.3) is 10.4 Å². The molecule has 0 aliphatic carbocycles. The number of hydrogen-bond acceptors (Lipinski definition) is 7. The van der Waals surface area contributed by atoms with Gasteiger partial charge in [0.2, 0.25) is 17.7 Å². The Balaban J connectivity index is 1.66. The molecule has 3 atom stereocenters. The van der Waals surface area contributed by atoms with Crippen molar-refractivity contribution in [2.45, 2.75) is 71.7 Å². The maximum Gasteiger partial charge on any atom is 0.303 e. The number of carboxylic acid groups (broad SMARTS) is 1. The van der Waals surface area contributed by atoms with Crippen molar-refractivity contribution in [2.24, 2.45) is 5.41 Å². The van der Waals surface area contributed by atoms with Gasteiger partial charge in [0.25, 0.3) is 0 Å². The van der Waals surface area contributed by atoms with Gasteiger partial charge in [-0.15, -0.1) is 11.3 Å². The van der Waals surface area contributed by atoms with Crippen LogP contribution in [0.1, 0.15) is 51.3 Å². The number of carboxylic acids is 1. The summed E-state index contributed by atoms with van der Waals surface area (Å²) in [4.78, 5) is 56.3. The number of thiazole rings is 1. The molecular weight excluding hydrogens is 496 g/mol. The molecule has 0 radical (unpaired) electrons. The zero-order valence-corrected chi connectivity index (χ0v) is 22.3. The first-order valence-electron chi connectivity index (χ1n) is 12.1. The van der Waals surface area contributed by atoms with Gasteiger partial charge in [0, 0.05) is 25.9 Å². The normalized spacial score (nSPS) is 18.4. The zero-order chi connectivity index (χ0) is 27.3. The van der Waals surface area contributed by atoms with E-state index in [4.69, 9.17) is 5.11 Å². The number of aliphatic hydroxyl groups excluding tert-OH is 1. The van der Waals surface area contributed by atoms with Crippen molar-refractivity contribution in [1.29, 1.82) is 0 Å². The minimum absolute atomic E-state index is 0.0304. The maximum atomic E-state index is 13.5. The summed E-state index contributed by atoms with van der Waals surface area (Å²) >= 11 is 1.56. The van der Waals surface area contributed by atoms with Crippen molar-refractivity contribution in [3.63, 3.8) is 0 Å². The van der Waals surface area contributed by atoms with Crippen LogP contribution in [0, 0.1) is 12.3 Å². The molecule has 0 saturated carbocycles. The Morgan fingerprint density at radius 2 is 1.84 bits per heavy atom. The fraction of sp³-hybridized carbons (Fsp3) is 0.500. The van der Waals surface area contributed by atoms with Crippen LogP contribution in [-0.2, 0) is 25.7 Å². The number of β-amino-alcohol motifs (C(OH)–C–C–N with tert-alkyl or cyclic N) is 1. The molecule has 200 valence electrons. The van der Waals surface area contributed by atoms with Gasteiger partial charge in [-0.2, -0.15) is 0 Å². The number of aryl methyl sites for hydroxylation is 1. The lowest BCUT2D eigenvalue weighted by Gasteiger charge is -2.35. The predicted octanol–water partition coefficient (Wildman–Crippen LogP) is 2.09. The Hall–Kier alpha value is -3.31. The Morgan fingerprint density at radius 1 is 1.16 bits per heavy atom. The van der Waals surface area contributed by atoms with E-state index in [0.29, 0.717) is 0 Å². The molecule has 0 spiro atoms. The van der Waals surface area contributed by atoms with Crippen molar-refractivity contribution in [3.05, 3.63) is 41.0 Å². The number of nitrogens with zero attached hydrogens (tertiary/aromatic N) is 2. The van der Waals surface area contributed by atoms with Gasteiger partial charge >= 0.3 is 5.97 Å². The third-order valence-electron chi connectivity index (χ3n) is 6.28. The first kappa shape index (κ1) is 28.3. The Kier molecular flexibility index (Phi) is 9.03. The monoisotopic (exact) mass is 530 g/mol. The molecule has 1 aromatic heterocycles. The fourth-order valence-corrected chi connectivity index (χ4v) is 5.05. The topological polar surface area (TPSA) is 149 Å². The Morgan fingerprint density at radius 3 is 2.41 bits per heavy atom. The minimum Gasteiger partial charge on any atom is -0.481 e. The summed E-state index contributed by atoms with van der Waals surface area (Å²) in [5.41, 5.74) is 3.98. The van der Waals surface area contributed by atoms with Crippen molar-refractivity contribution in [2.75, 3.05) is 6.54 Å². The molecule has 0 unspecified atom stereocenters. The second-order valence-corrected chi connectivity index (χ2v) is 11.2. The van der Waals surface area contributed by atoms with E-state index in [0.717, 1.165) is 21.7 Å². The van der Waals surface area contributed by atoms with E-state index >= 15 is 0 Å². The molecule has 3 amide bonds. The molecule has 2 aromatic rings. The number of hydrogen-bond donors (Lipinski definition) is 4. The number of likely N-dealkylation sites (tertiary alicyclic amines) is 1. The number of carbonyl (C=O) groups excluding carboxylic acids is 3. The average molecular weight is 531 g/mol. The third kappa shape index (κ3) is 7.36. The van der Waals surface area contributed by atoms with E-state index in [1.807, 2.05) is 31.2 Å². The van der Waals surface area contributed by atoms with Crippen molar-refractivity contribution < 1.29 is 29.4 Å². The largest absolute Gasteiger partial charge is 0.481 e. The van der Waals surface area contributed by atoms with Crippen molar-refractivity contribution in [3.8, 4) is 10.4 Å². The SMILES string of the molecule is Cc1ncsc1-c1ccc(CNC(=O)[C@@H]2C[C@@H](O)CN2C(=O)[C@H](NC(=O)CCC(=O)O)C(C)(C)C)cc1. The summed E-state index contributed by atoms with van der Waals surface area (Å²) in [6.07, 6.45) is -1.39. The fourth-order valence-electron chi connectivity index (χ4n) is 4.23. The Bertz CT molecular complexity index is 1140. The number of aromatic nitrogens is 1. The van der Waals surface area contributed by atoms with Crippen LogP contribution in [0.5, 0.6) is 0 Å². The first-order chi connectivity index (χ1) is 17.4. The number of amides is 3. The van der Waals surface area contributed by atoms with E-state index in [1.165, 1.54) is 4.90 Å². The summed E-state index contributed by atoms with van der Waals surface area (Å²) in [6, 6.07) is 5.91. The highest BCUT2D eigenvalue weighted by molar-refractivity contribution is 7.13. The van der Waals surface area contributed by atoms with Crippen LogP contribution >= 0.6 is 11.3 Å². The number of aliphatic carboxylic acids is 1. The van der Waals surface area contributed by atoms with Gasteiger partial charge in [0.05, 0.1) is 28.6 Å². The van der Waals surface area contributed by atoms with E-state index in [2.05, 4.69) is 15.6 Å². The molecular formula is C26H34N4O6S. The zero-order valence-electron chi connectivity index (χ0n) is 21.5. The van der Waals surface area contributed by atoms with Gasteiger partial charge in [-0.3, -0.25) is 19.2 Å². The van der Waals surface area contributed by atoms with E-state index in [-0.39, 0.29) is 32.4 Å². The highest BCUT2D eigenvalue weighted by atomic mass is 32.1. The van der Waals surface area contributed by atoms with Crippen LogP contribution < -0.4 is 10.6 Å². The number of benzene rings is 1. The lowest BCUT2D eigenvalue weighted by Crippen LogP contribution is -2.57. The second kappa shape index (κ2) is 11.8. The van der Waals surface area contributed by atoms with Gasteiger partial charge in [-0.05, 0) is 23.5 Å². The van der Waals surface area contributed by atoms with E-state index < -0.39 is 47.3 Å². The van der Waals surface area contributed by atoms with Crippen molar-refractivity contribution in [1.82, 2.24) is 20.5 Å². The molecule has 1 aromatic carbocycles. The van der Waals surface area contributed by atoms with Crippen LogP contribution in [-0.4, -0.2) is 68.5 Å². The summed E-state index contributed by atoms with van der Waals surface area (Å²) < 4.78 is 0. The molecule has 2 heterocycles. The van der Waals surface area contributed by atoms with Crippen LogP contribution in [0.4, 0.5) is 0 Å². The summed E-state index contributed by atoms with van der Waals surface area (Å²) in [6.45, 7) is 7.49. The Labute approximate surface area is 220 Å². The molecule has 1 aliphatic rings. The molecule has 10 nitrogen and oxygen atoms in total. The van der Waals surface area contributed by atoms with Gasteiger partial charge < -0.3 is 25.7 Å². The smallest absolute Gasteiger partial charge is 0.303 e. The molecule has 4 N–H and O–H groups in total. The summed E-state index contributed by atoms with van der Waals surface area (Å²) in [7, 11) is 0. The number of rotatable bonds is 9. The van der Waals surface area contributed by atoms with Crippen molar-refractivity contribution >= 4 is 35.0 Å². The van der Waals surface area contributed by atoms with E-state index in [1.54, 1.807) is 37.6 Å².